The molecule has 0 unspecified atom stereocenters. The van der Waals surface area contributed by atoms with Crippen molar-refractivity contribution in [3.63, 3.8) is 0 Å². The lowest BCUT2D eigenvalue weighted by Gasteiger charge is -2.29. The summed E-state index contributed by atoms with van der Waals surface area (Å²) >= 11 is 0. The maximum absolute atomic E-state index is 11.7. The van der Waals surface area contributed by atoms with Gasteiger partial charge in [-0.2, -0.15) is 15.4 Å². The number of aromatic amines is 1. The second-order valence-electron chi connectivity index (χ2n) is 4.59. The topological polar surface area (TPSA) is 94.1 Å². The summed E-state index contributed by atoms with van der Waals surface area (Å²) in [5.74, 6) is -0.00686. The van der Waals surface area contributed by atoms with Crippen molar-refractivity contribution >= 4 is 5.91 Å². The summed E-state index contributed by atoms with van der Waals surface area (Å²) in [6.07, 6.45) is 3.82. The molecular formula is C11H19N5O2. The molecule has 7 heteroatoms. The monoisotopic (exact) mass is 253 g/mol. The Labute approximate surface area is 106 Å². The average Bonchev–Trinajstić information content (AvgIpc) is 2.82. The number of nitrogens with zero attached hydrogens (tertiary/aromatic N) is 3. The predicted molar refractivity (Wildman–Crippen MR) is 64.8 cm³/mol. The molecule has 1 atom stereocenters. The van der Waals surface area contributed by atoms with Crippen molar-refractivity contribution < 1.29 is 9.90 Å². The Morgan fingerprint density at radius 3 is 3.28 bits per heavy atom. The summed E-state index contributed by atoms with van der Waals surface area (Å²) in [5, 5.41) is 22.5. The lowest BCUT2D eigenvalue weighted by molar-refractivity contribution is -0.122. The van der Waals surface area contributed by atoms with E-state index >= 15 is 0 Å². The van der Waals surface area contributed by atoms with Crippen LogP contribution in [-0.4, -0.2) is 63.6 Å². The van der Waals surface area contributed by atoms with Crippen molar-refractivity contribution in [2.45, 2.75) is 25.4 Å². The second-order valence-corrected chi connectivity index (χ2v) is 4.59. The van der Waals surface area contributed by atoms with Crippen LogP contribution in [0.15, 0.2) is 6.20 Å². The highest BCUT2D eigenvalue weighted by atomic mass is 16.3. The number of carbonyl (C=O) groups excluding carboxylic acids is 1. The molecule has 1 aliphatic rings. The van der Waals surface area contributed by atoms with Crippen LogP contribution in [0.5, 0.6) is 0 Å². The SMILES string of the molecule is O=C(CN1CCC[C@H](O)C1)NCCc1cn[nH]n1. The van der Waals surface area contributed by atoms with Crippen molar-refractivity contribution in [2.75, 3.05) is 26.2 Å². The summed E-state index contributed by atoms with van der Waals surface area (Å²) in [6, 6.07) is 0. The van der Waals surface area contributed by atoms with Crippen LogP contribution < -0.4 is 5.32 Å². The number of nitrogens with one attached hydrogen (secondary N) is 2. The van der Waals surface area contributed by atoms with Gasteiger partial charge < -0.3 is 10.4 Å². The van der Waals surface area contributed by atoms with Crippen molar-refractivity contribution in [2.24, 2.45) is 0 Å². The Morgan fingerprint density at radius 2 is 2.56 bits per heavy atom. The number of piperidine rings is 1. The number of hydrogen-bond acceptors (Lipinski definition) is 5. The minimum atomic E-state index is -0.290. The van der Waals surface area contributed by atoms with Crippen LogP contribution in [0.25, 0.3) is 0 Å². The van der Waals surface area contributed by atoms with Crippen LogP contribution in [0.4, 0.5) is 0 Å². The first-order chi connectivity index (χ1) is 8.74. The van der Waals surface area contributed by atoms with Gasteiger partial charge in [-0.3, -0.25) is 9.69 Å². The highest BCUT2D eigenvalue weighted by molar-refractivity contribution is 5.78. The van der Waals surface area contributed by atoms with E-state index in [4.69, 9.17) is 0 Å². The number of aliphatic hydroxyl groups is 1. The first kappa shape index (κ1) is 13.0. The molecule has 1 aromatic rings. The van der Waals surface area contributed by atoms with Gasteiger partial charge in [0.25, 0.3) is 0 Å². The first-order valence-electron chi connectivity index (χ1n) is 6.26. The molecule has 1 fully saturated rings. The zero-order chi connectivity index (χ0) is 12.8. The molecule has 0 radical (unpaired) electrons. The number of rotatable bonds is 5. The van der Waals surface area contributed by atoms with E-state index in [-0.39, 0.29) is 12.0 Å². The molecule has 2 rings (SSSR count). The van der Waals surface area contributed by atoms with E-state index in [9.17, 15) is 9.90 Å². The zero-order valence-corrected chi connectivity index (χ0v) is 10.3. The lowest BCUT2D eigenvalue weighted by Crippen LogP contribution is -2.44. The fourth-order valence-electron chi connectivity index (χ4n) is 2.11. The summed E-state index contributed by atoms with van der Waals surface area (Å²) in [6.45, 7) is 2.39. The van der Waals surface area contributed by atoms with Crippen LogP contribution in [0.1, 0.15) is 18.5 Å². The Morgan fingerprint density at radius 1 is 1.67 bits per heavy atom. The van der Waals surface area contributed by atoms with Gasteiger partial charge in [-0.25, -0.2) is 0 Å². The van der Waals surface area contributed by atoms with Crippen LogP contribution in [-0.2, 0) is 11.2 Å². The van der Waals surface area contributed by atoms with Gasteiger partial charge in [0.05, 0.1) is 24.5 Å². The Balaban J connectivity index is 1.62. The summed E-state index contributed by atoms with van der Waals surface area (Å²) in [5.41, 5.74) is 0.837. The van der Waals surface area contributed by atoms with Gasteiger partial charge in [0.2, 0.25) is 5.91 Å². The molecule has 0 spiro atoms. The fourth-order valence-corrected chi connectivity index (χ4v) is 2.11. The number of likely N-dealkylation sites (tertiary alicyclic amines) is 1. The van der Waals surface area contributed by atoms with E-state index < -0.39 is 0 Å². The van der Waals surface area contributed by atoms with E-state index in [1.165, 1.54) is 0 Å². The molecule has 0 aromatic carbocycles. The molecular weight excluding hydrogens is 234 g/mol. The number of H-pyrrole nitrogens is 1. The van der Waals surface area contributed by atoms with Gasteiger partial charge >= 0.3 is 0 Å². The van der Waals surface area contributed by atoms with Gasteiger partial charge in [-0.15, -0.1) is 0 Å². The minimum Gasteiger partial charge on any atom is -0.392 e. The van der Waals surface area contributed by atoms with Gasteiger partial charge in [-0.1, -0.05) is 0 Å². The van der Waals surface area contributed by atoms with Crippen LogP contribution in [0.3, 0.4) is 0 Å². The predicted octanol–water partition coefficient (Wildman–Crippen LogP) is -1.08. The van der Waals surface area contributed by atoms with E-state index in [0.717, 1.165) is 25.1 Å². The normalized spacial score (nSPS) is 20.8. The highest BCUT2D eigenvalue weighted by Crippen LogP contribution is 2.08. The standard InChI is InChI=1S/C11H19N5O2/c17-10-2-1-5-16(7-10)8-11(18)12-4-3-9-6-13-15-14-9/h6,10,17H,1-5,7-8H2,(H,12,18)(H,13,14,15)/t10-/m0/s1. The van der Waals surface area contributed by atoms with E-state index in [2.05, 4.69) is 20.7 Å². The van der Waals surface area contributed by atoms with E-state index in [0.29, 0.717) is 26.1 Å². The van der Waals surface area contributed by atoms with Crippen molar-refractivity contribution in [3.8, 4) is 0 Å². The number of carbonyl (C=O) groups is 1. The molecule has 3 N–H and O–H groups in total. The third kappa shape index (κ3) is 4.08. The zero-order valence-electron chi connectivity index (χ0n) is 10.3. The summed E-state index contributed by atoms with van der Waals surface area (Å²) in [7, 11) is 0. The number of hydrogen-bond donors (Lipinski definition) is 3. The molecule has 1 saturated heterocycles. The van der Waals surface area contributed by atoms with Crippen molar-refractivity contribution in [1.29, 1.82) is 0 Å². The van der Waals surface area contributed by atoms with Crippen molar-refractivity contribution in [1.82, 2.24) is 25.6 Å². The largest absolute Gasteiger partial charge is 0.392 e. The average molecular weight is 253 g/mol. The Bertz CT molecular complexity index is 368. The fraction of sp³-hybridized carbons (Fsp3) is 0.727. The van der Waals surface area contributed by atoms with Gasteiger partial charge in [0.15, 0.2) is 0 Å². The molecule has 1 amide bonds. The molecule has 0 saturated carbocycles. The quantitative estimate of drug-likeness (QED) is 0.620. The Kier molecular flexibility index (Phi) is 4.66. The third-order valence-corrected chi connectivity index (χ3v) is 3.02. The number of aromatic nitrogens is 3. The molecule has 0 bridgehead atoms. The molecule has 100 valence electrons. The second kappa shape index (κ2) is 6.46. The molecule has 7 nitrogen and oxygen atoms in total. The van der Waals surface area contributed by atoms with Crippen LogP contribution in [0.2, 0.25) is 0 Å². The lowest BCUT2D eigenvalue weighted by atomic mass is 10.1. The van der Waals surface area contributed by atoms with Gasteiger partial charge in [0.1, 0.15) is 0 Å². The van der Waals surface area contributed by atoms with Crippen LogP contribution in [0, 0.1) is 0 Å². The Hall–Kier alpha value is -1.47. The maximum atomic E-state index is 11.7. The smallest absolute Gasteiger partial charge is 0.234 e. The highest BCUT2D eigenvalue weighted by Gasteiger charge is 2.19. The molecule has 1 aromatic heterocycles. The number of amides is 1. The minimum absolute atomic E-state index is 0.00686. The van der Waals surface area contributed by atoms with Crippen molar-refractivity contribution in [3.05, 3.63) is 11.9 Å². The summed E-state index contributed by atoms with van der Waals surface area (Å²) < 4.78 is 0. The van der Waals surface area contributed by atoms with Gasteiger partial charge in [-0.05, 0) is 19.4 Å². The number of β-amino-alcohol motifs (C(OH)–C–C–N with tert-alkyl or cyclic N) is 1. The van der Waals surface area contributed by atoms with Gasteiger partial charge in [0, 0.05) is 19.5 Å². The molecule has 18 heavy (non-hydrogen) atoms. The van der Waals surface area contributed by atoms with E-state index in [1.54, 1.807) is 6.20 Å². The first-order valence-corrected chi connectivity index (χ1v) is 6.26. The molecule has 0 aliphatic carbocycles. The molecule has 2 heterocycles. The third-order valence-electron chi connectivity index (χ3n) is 3.02. The summed E-state index contributed by atoms with van der Waals surface area (Å²) in [4.78, 5) is 13.7. The van der Waals surface area contributed by atoms with Crippen LogP contribution >= 0.6 is 0 Å². The maximum Gasteiger partial charge on any atom is 0.234 e. The number of aliphatic hydroxyl groups excluding tert-OH is 1. The van der Waals surface area contributed by atoms with E-state index in [1.807, 2.05) is 4.90 Å². The molecule has 1 aliphatic heterocycles.